The zero-order chi connectivity index (χ0) is 14.8. The molecule has 1 aromatic rings. The van der Waals surface area contributed by atoms with E-state index in [1.165, 1.54) is 7.11 Å². The molecule has 0 atom stereocenters. The van der Waals surface area contributed by atoms with E-state index in [1.807, 2.05) is 6.07 Å². The number of aromatic nitrogens is 1. The number of hydrogen-bond donors (Lipinski definition) is 1. The molecule has 0 aliphatic carbocycles. The first-order valence-electron chi connectivity index (χ1n) is 5.71. The molecule has 0 aliphatic rings. The van der Waals surface area contributed by atoms with Crippen LogP contribution in [0, 0.1) is 18.3 Å². The summed E-state index contributed by atoms with van der Waals surface area (Å²) in [4.78, 5) is 16.6. The van der Waals surface area contributed by atoms with Crippen LogP contribution >= 0.6 is 0 Å². The van der Waals surface area contributed by atoms with Gasteiger partial charge in [0, 0.05) is 5.54 Å². The van der Waals surface area contributed by atoms with Crippen molar-refractivity contribution in [3.8, 4) is 11.9 Å². The van der Waals surface area contributed by atoms with Crippen LogP contribution in [-0.4, -0.2) is 28.8 Å². The highest BCUT2D eigenvalue weighted by Crippen LogP contribution is 2.28. The minimum absolute atomic E-state index is 0.132. The maximum Gasteiger partial charge on any atom is 0.413 e. The third-order valence-electron chi connectivity index (χ3n) is 2.57. The molecule has 6 nitrogen and oxygen atoms in total. The first-order chi connectivity index (χ1) is 8.72. The molecule has 0 radical (unpaired) electrons. The summed E-state index contributed by atoms with van der Waals surface area (Å²) in [6.07, 6.45) is -1.11. The van der Waals surface area contributed by atoms with Gasteiger partial charge in [-0.2, -0.15) is 10.2 Å². The summed E-state index contributed by atoms with van der Waals surface area (Å²) in [6.45, 7) is 7.02. The molecule has 0 unspecified atom stereocenters. The number of carbonyl (C=O) groups is 1. The van der Waals surface area contributed by atoms with Crippen LogP contribution in [0.4, 0.5) is 10.6 Å². The topological polar surface area (TPSA) is 86.4 Å². The number of carboxylic acid groups (broad SMARTS) is 1. The number of methoxy groups -OCH3 is 1. The van der Waals surface area contributed by atoms with Crippen LogP contribution in [-0.2, 0) is 0 Å². The predicted molar refractivity (Wildman–Crippen MR) is 70.5 cm³/mol. The van der Waals surface area contributed by atoms with Crippen LogP contribution in [0.15, 0.2) is 6.07 Å². The van der Waals surface area contributed by atoms with Crippen molar-refractivity contribution in [3.05, 3.63) is 17.2 Å². The molecular weight excluding hydrogens is 246 g/mol. The fourth-order valence-electron chi connectivity index (χ4n) is 1.75. The highest BCUT2D eigenvalue weighted by atomic mass is 16.5. The smallest absolute Gasteiger partial charge is 0.413 e. The van der Waals surface area contributed by atoms with Gasteiger partial charge in [-0.25, -0.2) is 4.79 Å². The lowest BCUT2D eigenvalue weighted by Crippen LogP contribution is -2.45. The molecule has 0 saturated heterocycles. The van der Waals surface area contributed by atoms with E-state index < -0.39 is 11.6 Å². The van der Waals surface area contributed by atoms with Gasteiger partial charge >= 0.3 is 6.09 Å². The minimum Gasteiger partial charge on any atom is -0.480 e. The molecule has 0 aliphatic heterocycles. The summed E-state index contributed by atoms with van der Waals surface area (Å²) in [5, 5.41) is 18.4. The second-order valence-electron chi connectivity index (χ2n) is 5.08. The normalized spacial score (nSPS) is 10.7. The molecule has 102 valence electrons. The van der Waals surface area contributed by atoms with Gasteiger partial charge in [-0.15, -0.1) is 0 Å². The van der Waals surface area contributed by atoms with E-state index in [4.69, 9.17) is 10.00 Å². The summed E-state index contributed by atoms with van der Waals surface area (Å²) in [7, 11) is 1.40. The number of rotatable bonds is 2. The Bertz CT molecular complexity index is 541. The van der Waals surface area contributed by atoms with Gasteiger partial charge in [0.15, 0.2) is 0 Å². The highest BCUT2D eigenvalue weighted by molar-refractivity contribution is 5.86. The maximum absolute atomic E-state index is 11.4. The summed E-state index contributed by atoms with van der Waals surface area (Å²) >= 11 is 0. The standard InChI is InChI=1S/C13H17N3O3/c1-8-6-10(15-11(19-5)9(8)7-14)16(12(17)18)13(2,3)4/h6H,1-5H3,(H,17,18). The first-order valence-corrected chi connectivity index (χ1v) is 5.71. The van der Waals surface area contributed by atoms with E-state index >= 15 is 0 Å². The molecule has 1 heterocycles. The largest absolute Gasteiger partial charge is 0.480 e. The van der Waals surface area contributed by atoms with Crippen LogP contribution in [0.25, 0.3) is 0 Å². The Labute approximate surface area is 112 Å². The number of aryl methyl sites for hydroxylation is 1. The van der Waals surface area contributed by atoms with Crippen molar-refractivity contribution in [1.82, 2.24) is 4.98 Å². The summed E-state index contributed by atoms with van der Waals surface area (Å²) in [5.41, 5.74) is 0.287. The number of pyridine rings is 1. The van der Waals surface area contributed by atoms with E-state index in [-0.39, 0.29) is 11.7 Å². The quantitative estimate of drug-likeness (QED) is 0.886. The van der Waals surface area contributed by atoms with Crippen molar-refractivity contribution in [3.63, 3.8) is 0 Å². The van der Waals surface area contributed by atoms with Crippen molar-refractivity contribution in [2.24, 2.45) is 0 Å². The molecule has 1 amide bonds. The molecule has 0 aromatic carbocycles. The van der Waals surface area contributed by atoms with Crippen molar-refractivity contribution in [2.45, 2.75) is 33.2 Å². The third-order valence-corrected chi connectivity index (χ3v) is 2.57. The third kappa shape index (κ3) is 2.94. The van der Waals surface area contributed by atoms with Gasteiger partial charge < -0.3 is 9.84 Å². The van der Waals surface area contributed by atoms with Crippen molar-refractivity contribution >= 4 is 11.9 Å². The van der Waals surface area contributed by atoms with Crippen LogP contribution in [0.2, 0.25) is 0 Å². The Hall–Kier alpha value is -2.29. The molecular formula is C13H17N3O3. The van der Waals surface area contributed by atoms with Crippen LogP contribution in [0.1, 0.15) is 31.9 Å². The molecule has 0 fully saturated rings. The van der Waals surface area contributed by atoms with Crippen LogP contribution < -0.4 is 9.64 Å². The van der Waals surface area contributed by atoms with E-state index in [9.17, 15) is 9.90 Å². The van der Waals surface area contributed by atoms with Gasteiger partial charge in [-0.05, 0) is 39.3 Å². The first kappa shape index (κ1) is 14.8. The number of anilines is 1. The lowest BCUT2D eigenvalue weighted by atomic mass is 10.1. The number of ether oxygens (including phenoxy) is 1. The monoisotopic (exact) mass is 263 g/mol. The molecule has 0 bridgehead atoms. The molecule has 19 heavy (non-hydrogen) atoms. The Morgan fingerprint density at radius 1 is 1.53 bits per heavy atom. The lowest BCUT2D eigenvalue weighted by molar-refractivity contribution is 0.195. The summed E-state index contributed by atoms with van der Waals surface area (Å²) in [5.74, 6) is 0.376. The zero-order valence-corrected chi connectivity index (χ0v) is 11.7. The Balaban J connectivity index is 3.47. The van der Waals surface area contributed by atoms with Gasteiger partial charge in [0.25, 0.3) is 0 Å². The fourth-order valence-corrected chi connectivity index (χ4v) is 1.75. The fraction of sp³-hybridized carbons (Fsp3) is 0.462. The Morgan fingerprint density at radius 3 is 2.47 bits per heavy atom. The summed E-state index contributed by atoms with van der Waals surface area (Å²) in [6, 6.07) is 3.57. The average Bonchev–Trinajstić information content (AvgIpc) is 2.25. The van der Waals surface area contributed by atoms with Crippen molar-refractivity contribution in [2.75, 3.05) is 12.0 Å². The maximum atomic E-state index is 11.4. The van der Waals surface area contributed by atoms with Gasteiger partial charge in [0.2, 0.25) is 5.88 Å². The summed E-state index contributed by atoms with van der Waals surface area (Å²) < 4.78 is 5.05. The molecule has 0 saturated carbocycles. The SMILES string of the molecule is COc1nc(N(C(=O)O)C(C)(C)C)cc(C)c1C#N. The molecule has 6 heteroatoms. The number of nitrogens with zero attached hydrogens (tertiary/aromatic N) is 3. The Kier molecular flexibility index (Phi) is 4.00. The molecule has 1 N–H and O–H groups in total. The van der Waals surface area contributed by atoms with Crippen molar-refractivity contribution in [1.29, 1.82) is 5.26 Å². The molecule has 1 aromatic heterocycles. The van der Waals surface area contributed by atoms with Gasteiger partial charge in [-0.1, -0.05) is 0 Å². The number of nitriles is 1. The van der Waals surface area contributed by atoms with E-state index in [0.717, 1.165) is 4.90 Å². The Morgan fingerprint density at radius 2 is 2.11 bits per heavy atom. The predicted octanol–water partition coefficient (Wildman–Crippen LogP) is 2.55. The van der Waals surface area contributed by atoms with Gasteiger partial charge in [-0.3, -0.25) is 4.90 Å². The zero-order valence-electron chi connectivity index (χ0n) is 11.7. The minimum atomic E-state index is -1.11. The lowest BCUT2D eigenvalue weighted by Gasteiger charge is -2.32. The number of amides is 1. The van der Waals surface area contributed by atoms with Crippen LogP contribution in [0.3, 0.4) is 0 Å². The van der Waals surface area contributed by atoms with Crippen LogP contribution in [0.5, 0.6) is 5.88 Å². The second kappa shape index (κ2) is 5.14. The van der Waals surface area contributed by atoms with E-state index in [2.05, 4.69) is 4.98 Å². The average molecular weight is 263 g/mol. The van der Waals surface area contributed by atoms with Gasteiger partial charge in [0.05, 0.1) is 7.11 Å². The van der Waals surface area contributed by atoms with E-state index in [1.54, 1.807) is 33.8 Å². The highest BCUT2D eigenvalue weighted by Gasteiger charge is 2.30. The molecule has 0 spiro atoms. The molecule has 1 rings (SSSR count). The van der Waals surface area contributed by atoms with E-state index in [0.29, 0.717) is 11.1 Å². The van der Waals surface area contributed by atoms with Crippen molar-refractivity contribution < 1.29 is 14.6 Å². The number of hydrogen-bond acceptors (Lipinski definition) is 4. The van der Waals surface area contributed by atoms with Gasteiger partial charge in [0.1, 0.15) is 17.5 Å². The second-order valence-corrected chi connectivity index (χ2v) is 5.08.